The summed E-state index contributed by atoms with van der Waals surface area (Å²) >= 11 is 2.97. The lowest BCUT2D eigenvalue weighted by Crippen LogP contribution is -2.48. The topological polar surface area (TPSA) is 210 Å². The van der Waals surface area contributed by atoms with E-state index in [2.05, 4.69) is 19.8 Å². The first-order chi connectivity index (χ1) is 34.6. The summed E-state index contributed by atoms with van der Waals surface area (Å²) in [6.07, 6.45) is 4.33. The van der Waals surface area contributed by atoms with Gasteiger partial charge in [0, 0.05) is 89.4 Å². The van der Waals surface area contributed by atoms with Crippen molar-refractivity contribution in [2.45, 2.75) is 25.7 Å². The van der Waals surface area contributed by atoms with Crippen molar-refractivity contribution in [2.75, 3.05) is 115 Å². The third-order valence-corrected chi connectivity index (χ3v) is 18.1. The van der Waals surface area contributed by atoms with Crippen molar-refractivity contribution in [3.8, 4) is 45.8 Å². The van der Waals surface area contributed by atoms with Crippen molar-refractivity contribution in [1.29, 1.82) is 0 Å². The summed E-state index contributed by atoms with van der Waals surface area (Å²) in [5.41, 5.74) is 9.64. The second-order valence-electron chi connectivity index (χ2n) is 18.5. The number of rotatable bonds is 17. The lowest BCUT2D eigenvalue weighted by Gasteiger charge is -2.35. The number of thiazole rings is 2. The Labute approximate surface area is 426 Å². The standard InChI is InChI=1S/C48H56N10O10S4/c1-65-47-39(53-11-15-55(16-12-53)71(3,61)62)7-5-35(51-47)33-23-37-45(69-29-49-37)41(25-33)67-19-9-31-21-43(59)57(27-31)58-28-32(22-44(58)60)10-20-68-42-26-34(24-38-46(42)70-30-50-38)36-6-8-40(48(52-36)66-2)54-13-17-56(18-14-54)72(4,63)64/h5-8,23-26,29-32H,9-22,27-28H2,1-4H3/t31-,32-/m1/s1. The van der Waals surface area contributed by atoms with E-state index in [1.807, 2.05) is 48.5 Å². The van der Waals surface area contributed by atoms with Gasteiger partial charge in [0.05, 0.1) is 94.2 Å². The van der Waals surface area contributed by atoms with Crippen molar-refractivity contribution < 1.29 is 45.4 Å². The van der Waals surface area contributed by atoms with Gasteiger partial charge in [-0.3, -0.25) is 19.6 Å². The number of aromatic nitrogens is 4. The molecule has 24 heteroatoms. The molecule has 10 rings (SSSR count). The SMILES string of the molecule is COc1nc(-c2cc(OCC[C@@H]3CC(=O)N(N4C[C@H](CCOc5cc(-c6ccc(N7CCN(S(C)(=O)=O)CC7)c(OC)n6)cc6ncsc56)CC4=O)C3)c3scnc3c2)ccc1N1CCN(S(C)(=O)=O)CC1. The number of piperazine rings is 2. The predicted molar refractivity (Wildman–Crippen MR) is 276 cm³/mol. The average molecular weight is 1060 g/mol. The zero-order valence-corrected chi connectivity index (χ0v) is 43.7. The minimum absolute atomic E-state index is 0.00278. The van der Waals surface area contributed by atoms with Crippen LogP contribution in [0, 0.1) is 11.8 Å². The molecule has 4 aromatic heterocycles. The number of hydrazine groups is 1. The molecule has 0 radical (unpaired) electrons. The van der Waals surface area contributed by atoms with Gasteiger partial charge in [-0.05, 0) is 73.2 Å². The molecule has 0 saturated carbocycles. The van der Waals surface area contributed by atoms with Crippen molar-refractivity contribution in [3.05, 3.63) is 59.6 Å². The monoisotopic (exact) mass is 1060 g/mol. The highest BCUT2D eigenvalue weighted by molar-refractivity contribution is 7.88. The number of carbonyl (C=O) groups excluding carboxylic acids is 2. The van der Waals surface area contributed by atoms with E-state index in [1.165, 1.54) is 43.8 Å². The van der Waals surface area contributed by atoms with Crippen LogP contribution in [0.2, 0.25) is 0 Å². The van der Waals surface area contributed by atoms with Gasteiger partial charge in [-0.2, -0.15) is 8.61 Å². The number of hydrogen-bond donors (Lipinski definition) is 0. The minimum atomic E-state index is -3.26. The van der Waals surface area contributed by atoms with Crippen LogP contribution >= 0.6 is 22.7 Å². The smallest absolute Gasteiger partial charge is 0.241 e. The summed E-state index contributed by atoms with van der Waals surface area (Å²) in [4.78, 5) is 49.9. The van der Waals surface area contributed by atoms with Crippen LogP contribution in [0.3, 0.4) is 0 Å². The summed E-state index contributed by atoms with van der Waals surface area (Å²) in [6, 6.07) is 15.6. The molecule has 2 aromatic carbocycles. The molecule has 2 amide bonds. The Morgan fingerprint density at radius 1 is 0.583 bits per heavy atom. The van der Waals surface area contributed by atoms with Crippen molar-refractivity contribution in [2.24, 2.45) is 11.8 Å². The highest BCUT2D eigenvalue weighted by Crippen LogP contribution is 2.40. The van der Waals surface area contributed by atoms with Gasteiger partial charge in [0.15, 0.2) is 0 Å². The fourth-order valence-corrected chi connectivity index (χ4v) is 13.1. The second kappa shape index (κ2) is 20.5. The number of hydrogen-bond acceptors (Lipinski definition) is 18. The lowest BCUT2D eigenvalue weighted by molar-refractivity contribution is -0.155. The molecule has 4 saturated heterocycles. The first-order valence-electron chi connectivity index (χ1n) is 23.7. The molecule has 0 unspecified atom stereocenters. The Bertz CT molecular complexity index is 3020. The van der Waals surface area contributed by atoms with Gasteiger partial charge in [0.2, 0.25) is 43.6 Å². The van der Waals surface area contributed by atoms with Crippen molar-refractivity contribution in [3.63, 3.8) is 0 Å². The Morgan fingerprint density at radius 3 is 1.36 bits per heavy atom. The minimum Gasteiger partial charge on any atom is -0.492 e. The van der Waals surface area contributed by atoms with Crippen LogP contribution in [0.15, 0.2) is 59.6 Å². The summed E-state index contributed by atoms with van der Waals surface area (Å²) in [5.74, 6) is 2.07. The molecular weight excluding hydrogens is 1000 g/mol. The van der Waals surface area contributed by atoms with E-state index in [0.29, 0.717) is 139 Å². The molecule has 0 bridgehead atoms. The van der Waals surface area contributed by atoms with Crippen LogP contribution in [0.1, 0.15) is 25.7 Å². The number of benzene rings is 2. The first kappa shape index (κ1) is 49.6. The molecule has 6 aromatic rings. The molecule has 20 nitrogen and oxygen atoms in total. The highest BCUT2D eigenvalue weighted by atomic mass is 32.2. The number of carbonyl (C=O) groups is 2. The average Bonchev–Trinajstić information content (AvgIpc) is 4.20. The maximum absolute atomic E-state index is 13.4. The van der Waals surface area contributed by atoms with Gasteiger partial charge in [-0.15, -0.1) is 22.7 Å². The summed E-state index contributed by atoms with van der Waals surface area (Å²) < 4.78 is 77.3. The maximum atomic E-state index is 13.4. The van der Waals surface area contributed by atoms with Gasteiger partial charge in [-0.25, -0.2) is 36.8 Å². The van der Waals surface area contributed by atoms with Crippen LogP contribution in [-0.4, -0.2) is 173 Å². The van der Waals surface area contributed by atoms with E-state index < -0.39 is 20.0 Å². The largest absolute Gasteiger partial charge is 0.492 e. The summed E-state index contributed by atoms with van der Waals surface area (Å²) in [7, 11) is -3.38. The molecule has 72 heavy (non-hydrogen) atoms. The number of fused-ring (bicyclic) bond motifs is 2. The van der Waals surface area contributed by atoms with E-state index in [0.717, 1.165) is 42.9 Å². The van der Waals surface area contributed by atoms with Crippen LogP contribution < -0.4 is 28.7 Å². The lowest BCUT2D eigenvalue weighted by atomic mass is 10.1. The van der Waals surface area contributed by atoms with E-state index >= 15 is 0 Å². The quantitative estimate of drug-likeness (QED) is 0.117. The molecule has 0 N–H and O–H groups in total. The number of nitrogens with zero attached hydrogens (tertiary/aromatic N) is 10. The molecule has 2 atom stereocenters. The van der Waals surface area contributed by atoms with Crippen LogP contribution in [-0.2, 0) is 29.6 Å². The van der Waals surface area contributed by atoms with Gasteiger partial charge >= 0.3 is 0 Å². The molecule has 4 aliphatic rings. The summed E-state index contributed by atoms with van der Waals surface area (Å²) in [6.45, 7) is 5.20. The Morgan fingerprint density at radius 2 is 0.986 bits per heavy atom. The zero-order chi connectivity index (χ0) is 50.3. The number of amides is 2. The molecule has 4 fully saturated rings. The first-order valence-corrected chi connectivity index (χ1v) is 29.2. The third kappa shape index (κ3) is 10.5. The number of methoxy groups -OCH3 is 2. The molecule has 0 aliphatic carbocycles. The fraction of sp³-hybridized carbons (Fsp3) is 0.458. The Kier molecular flexibility index (Phi) is 14.2. The molecule has 0 spiro atoms. The van der Waals surface area contributed by atoms with E-state index in [-0.39, 0.29) is 23.7 Å². The number of anilines is 2. The molecule has 382 valence electrons. The normalized spacial score (nSPS) is 19.6. The van der Waals surface area contributed by atoms with E-state index in [4.69, 9.17) is 28.9 Å². The zero-order valence-electron chi connectivity index (χ0n) is 40.4. The third-order valence-electron chi connectivity index (χ3n) is 13.8. The molecular formula is C48H56N10O10S4. The van der Waals surface area contributed by atoms with Crippen molar-refractivity contribution in [1.82, 2.24) is 38.6 Å². The number of pyridine rings is 2. The van der Waals surface area contributed by atoms with E-state index in [1.54, 1.807) is 35.3 Å². The van der Waals surface area contributed by atoms with Gasteiger partial charge in [0.1, 0.15) is 11.5 Å². The fourth-order valence-electron chi connectivity index (χ4n) is 9.93. The Balaban J connectivity index is 0.732. The molecule has 4 aliphatic heterocycles. The van der Waals surface area contributed by atoms with Crippen LogP contribution in [0.25, 0.3) is 42.9 Å². The number of sulfonamides is 2. The van der Waals surface area contributed by atoms with Gasteiger partial charge in [-0.1, -0.05) is 0 Å². The summed E-state index contributed by atoms with van der Waals surface area (Å²) in [5, 5.41) is 3.24. The van der Waals surface area contributed by atoms with Crippen molar-refractivity contribution >= 4 is 86.3 Å². The maximum Gasteiger partial charge on any atom is 0.241 e. The van der Waals surface area contributed by atoms with E-state index in [9.17, 15) is 26.4 Å². The predicted octanol–water partition coefficient (Wildman–Crippen LogP) is 5.06. The molecule has 8 heterocycles. The van der Waals surface area contributed by atoms with Crippen LogP contribution in [0.4, 0.5) is 11.4 Å². The second-order valence-corrected chi connectivity index (χ2v) is 24.1. The van der Waals surface area contributed by atoms with Gasteiger partial charge in [0.25, 0.3) is 0 Å². The highest BCUT2D eigenvalue weighted by Gasteiger charge is 2.40. The van der Waals surface area contributed by atoms with Crippen LogP contribution in [0.5, 0.6) is 23.3 Å². The number of ether oxygens (including phenoxy) is 4. The Hall–Kier alpha value is -5.92. The van der Waals surface area contributed by atoms with Gasteiger partial charge < -0.3 is 28.7 Å².